The van der Waals surface area contributed by atoms with Crippen LogP contribution in [-0.2, 0) is 0 Å². The summed E-state index contributed by atoms with van der Waals surface area (Å²) in [5.74, 6) is 3.15. The van der Waals surface area contributed by atoms with Gasteiger partial charge in [-0.25, -0.2) is 0 Å². The predicted octanol–water partition coefficient (Wildman–Crippen LogP) is 1.35. The van der Waals surface area contributed by atoms with Gasteiger partial charge in [-0.05, 0) is 6.42 Å². The summed E-state index contributed by atoms with van der Waals surface area (Å²) in [4.78, 5) is 0. The second kappa shape index (κ2) is 6.78. The highest BCUT2D eigenvalue weighted by molar-refractivity contribution is 6.45. The highest BCUT2D eigenvalue weighted by Crippen LogP contribution is 1.80. The van der Waals surface area contributed by atoms with E-state index >= 15 is 0 Å². The van der Waals surface area contributed by atoms with Gasteiger partial charge in [-0.1, -0.05) is 19.9 Å². The Labute approximate surface area is 54.5 Å². The molecule has 8 heavy (non-hydrogen) atoms. The molecule has 0 aliphatic carbocycles. The molecule has 0 atom stereocenters. The summed E-state index contributed by atoms with van der Waals surface area (Å²) in [5.41, 5.74) is 3.22. The summed E-state index contributed by atoms with van der Waals surface area (Å²) in [6.45, 7) is 4.38. The molecule has 0 aliphatic rings. The van der Waals surface area contributed by atoms with Crippen LogP contribution in [0, 0.1) is 11.5 Å². The molecule has 0 amide bonds. The molecular weight excluding hydrogens is 112 g/mol. The quantitative estimate of drug-likeness (QED) is 0.387. The van der Waals surface area contributed by atoms with Gasteiger partial charge in [-0.3, -0.25) is 0 Å². The third-order valence-electron chi connectivity index (χ3n) is 0.875. The normalized spacial score (nSPS) is 9.25. The number of hydrogen-bond donors (Lipinski definition) is 0. The van der Waals surface area contributed by atoms with Gasteiger partial charge in [0.15, 0.2) is 0 Å². The van der Waals surface area contributed by atoms with Crippen LogP contribution in [0.1, 0.15) is 26.7 Å². The predicted molar refractivity (Wildman–Crippen MR) is 41.7 cm³/mol. The van der Waals surface area contributed by atoms with E-state index in [0.29, 0.717) is 0 Å². The molecular formula is C7H14Si. The van der Waals surface area contributed by atoms with Crippen molar-refractivity contribution < 1.29 is 0 Å². The molecule has 46 valence electrons. The molecule has 0 rings (SSSR count). The summed E-state index contributed by atoms with van der Waals surface area (Å²) < 4.78 is 0. The van der Waals surface area contributed by atoms with E-state index in [1.807, 2.05) is 0 Å². The first-order chi connectivity index (χ1) is 3.91. The van der Waals surface area contributed by atoms with E-state index in [1.165, 1.54) is 12.5 Å². The van der Waals surface area contributed by atoms with Crippen molar-refractivity contribution in [1.29, 1.82) is 0 Å². The number of hydrogen-bond acceptors (Lipinski definition) is 0. The molecule has 0 heterocycles. The topological polar surface area (TPSA) is 0 Å². The van der Waals surface area contributed by atoms with Crippen LogP contribution in [0.4, 0.5) is 0 Å². The van der Waals surface area contributed by atoms with Gasteiger partial charge in [0.25, 0.3) is 0 Å². The standard InChI is InChI=1S/C7H14Si/c1-3-5-6-7-8-4-2/h3-5,8H2,1-2H3. The van der Waals surface area contributed by atoms with E-state index in [4.69, 9.17) is 0 Å². The Morgan fingerprint density at radius 3 is 2.62 bits per heavy atom. The van der Waals surface area contributed by atoms with E-state index in [2.05, 4.69) is 25.3 Å². The Morgan fingerprint density at radius 1 is 1.38 bits per heavy atom. The lowest BCUT2D eigenvalue weighted by atomic mass is 10.4. The monoisotopic (exact) mass is 126 g/mol. The Hall–Kier alpha value is -0.223. The summed E-state index contributed by atoms with van der Waals surface area (Å²) in [7, 11) is 0.0403. The smallest absolute Gasteiger partial charge is 0.106 e. The first-order valence-corrected chi connectivity index (χ1v) is 5.08. The maximum absolute atomic E-state index is 3.22. The Bertz CT molecular complexity index is 76.3. The molecule has 0 spiro atoms. The molecule has 0 fully saturated rings. The fourth-order valence-corrected chi connectivity index (χ4v) is 1.03. The number of unbranched alkanes of at least 4 members (excludes halogenated alkanes) is 1. The fourth-order valence-electron chi connectivity index (χ4n) is 0.427. The molecule has 0 nitrogen and oxygen atoms in total. The molecule has 1 heteroatoms. The SMILES string of the molecule is CCCC#C[SiH2]CC. The summed E-state index contributed by atoms with van der Waals surface area (Å²) in [5, 5.41) is 0. The Morgan fingerprint density at radius 2 is 2.12 bits per heavy atom. The van der Waals surface area contributed by atoms with Crippen molar-refractivity contribution in [2.75, 3.05) is 0 Å². The Kier molecular flexibility index (Phi) is 6.59. The van der Waals surface area contributed by atoms with Crippen LogP contribution >= 0.6 is 0 Å². The molecule has 0 bridgehead atoms. The van der Waals surface area contributed by atoms with Gasteiger partial charge in [-0.2, -0.15) is 0 Å². The molecule has 0 aliphatic heterocycles. The van der Waals surface area contributed by atoms with Crippen LogP contribution in [0.3, 0.4) is 0 Å². The van der Waals surface area contributed by atoms with E-state index in [0.717, 1.165) is 6.42 Å². The molecule has 0 unspecified atom stereocenters. The zero-order valence-corrected chi connectivity index (χ0v) is 7.24. The highest BCUT2D eigenvalue weighted by atomic mass is 28.2. The van der Waals surface area contributed by atoms with Crippen molar-refractivity contribution in [3.05, 3.63) is 0 Å². The molecule has 0 radical (unpaired) electrons. The average molecular weight is 126 g/mol. The van der Waals surface area contributed by atoms with Crippen molar-refractivity contribution in [2.45, 2.75) is 32.7 Å². The van der Waals surface area contributed by atoms with Crippen molar-refractivity contribution in [1.82, 2.24) is 0 Å². The zero-order chi connectivity index (χ0) is 6.24. The van der Waals surface area contributed by atoms with Gasteiger partial charge in [-0.15, -0.1) is 11.5 Å². The lowest BCUT2D eigenvalue weighted by molar-refractivity contribution is 0.984. The largest absolute Gasteiger partial charge is 0.140 e. The summed E-state index contributed by atoms with van der Waals surface area (Å²) in [6, 6.07) is 1.33. The number of rotatable bonds is 2. The third-order valence-corrected chi connectivity index (χ3v) is 1.87. The maximum atomic E-state index is 3.22. The first kappa shape index (κ1) is 7.78. The summed E-state index contributed by atoms with van der Waals surface area (Å²) >= 11 is 0. The van der Waals surface area contributed by atoms with Gasteiger partial charge in [0.05, 0.1) is 0 Å². The van der Waals surface area contributed by atoms with Crippen LogP contribution in [0.2, 0.25) is 6.04 Å². The van der Waals surface area contributed by atoms with E-state index in [1.54, 1.807) is 0 Å². The second-order valence-electron chi connectivity index (χ2n) is 1.85. The molecule has 0 saturated heterocycles. The molecule has 0 N–H and O–H groups in total. The van der Waals surface area contributed by atoms with Crippen LogP contribution in [0.15, 0.2) is 0 Å². The highest BCUT2D eigenvalue weighted by Gasteiger charge is 1.71. The van der Waals surface area contributed by atoms with Crippen molar-refractivity contribution >= 4 is 9.52 Å². The minimum absolute atomic E-state index is 0.0403. The minimum Gasteiger partial charge on any atom is -0.140 e. The minimum atomic E-state index is 0.0403. The third kappa shape index (κ3) is 5.78. The van der Waals surface area contributed by atoms with Gasteiger partial charge in [0.1, 0.15) is 9.52 Å². The average Bonchev–Trinajstić information content (AvgIpc) is 1.81. The lowest BCUT2D eigenvalue weighted by Gasteiger charge is -1.77. The van der Waals surface area contributed by atoms with E-state index in [9.17, 15) is 0 Å². The van der Waals surface area contributed by atoms with Gasteiger partial charge >= 0.3 is 0 Å². The zero-order valence-electron chi connectivity index (χ0n) is 5.83. The van der Waals surface area contributed by atoms with Crippen LogP contribution in [0.25, 0.3) is 0 Å². The van der Waals surface area contributed by atoms with Crippen LogP contribution < -0.4 is 0 Å². The fraction of sp³-hybridized carbons (Fsp3) is 0.714. The maximum Gasteiger partial charge on any atom is 0.106 e. The lowest BCUT2D eigenvalue weighted by Crippen LogP contribution is -1.77. The van der Waals surface area contributed by atoms with E-state index < -0.39 is 0 Å². The van der Waals surface area contributed by atoms with Gasteiger partial charge < -0.3 is 0 Å². The molecule has 0 aromatic heterocycles. The summed E-state index contributed by atoms with van der Waals surface area (Å²) in [6.07, 6.45) is 2.32. The van der Waals surface area contributed by atoms with Gasteiger partial charge in [0, 0.05) is 6.42 Å². The van der Waals surface area contributed by atoms with Crippen molar-refractivity contribution in [3.63, 3.8) is 0 Å². The molecule has 0 aromatic carbocycles. The molecule has 0 aromatic rings. The van der Waals surface area contributed by atoms with Crippen LogP contribution in [-0.4, -0.2) is 9.52 Å². The molecule has 0 saturated carbocycles. The van der Waals surface area contributed by atoms with E-state index in [-0.39, 0.29) is 9.52 Å². The van der Waals surface area contributed by atoms with Crippen molar-refractivity contribution in [2.24, 2.45) is 0 Å². The van der Waals surface area contributed by atoms with Crippen molar-refractivity contribution in [3.8, 4) is 11.5 Å². The Balaban J connectivity index is 2.95. The second-order valence-corrected chi connectivity index (χ2v) is 3.71. The van der Waals surface area contributed by atoms with Crippen LogP contribution in [0.5, 0.6) is 0 Å². The first-order valence-electron chi connectivity index (χ1n) is 3.37. The van der Waals surface area contributed by atoms with Gasteiger partial charge in [0.2, 0.25) is 0 Å².